The Hall–Kier alpha value is -1.91. The molecule has 0 fully saturated rings. The molecule has 2 aromatic rings. The van der Waals surface area contributed by atoms with Gasteiger partial charge in [-0.1, -0.05) is 53.8 Å². The van der Waals surface area contributed by atoms with Gasteiger partial charge in [0.05, 0.1) is 11.9 Å². The van der Waals surface area contributed by atoms with Crippen molar-refractivity contribution in [3.63, 3.8) is 0 Å². The maximum Gasteiger partial charge on any atom is 0.250 e. The smallest absolute Gasteiger partial charge is 0.250 e. The van der Waals surface area contributed by atoms with Gasteiger partial charge in [0.1, 0.15) is 6.04 Å². The highest BCUT2D eigenvalue weighted by Gasteiger charge is 2.32. The van der Waals surface area contributed by atoms with Crippen LogP contribution in [0.5, 0.6) is 0 Å². The number of carbonyl (C=O) groups is 1. The molecule has 0 aliphatic carbocycles. The van der Waals surface area contributed by atoms with Crippen molar-refractivity contribution in [2.45, 2.75) is 30.6 Å². The Morgan fingerprint density at radius 1 is 1.37 bits per heavy atom. The first-order valence-corrected chi connectivity index (χ1v) is 11.9. The molecule has 1 unspecified atom stereocenters. The van der Waals surface area contributed by atoms with Crippen molar-refractivity contribution < 1.29 is 13.2 Å². The molecule has 1 amide bonds. The minimum absolute atomic E-state index is 0.309. The third-order valence-corrected chi connectivity index (χ3v) is 6.73. The predicted octanol–water partition coefficient (Wildman–Crippen LogP) is 3.31. The van der Waals surface area contributed by atoms with Crippen LogP contribution in [0.1, 0.15) is 18.9 Å². The van der Waals surface area contributed by atoms with Gasteiger partial charge in [-0.15, -0.1) is 16.8 Å². The summed E-state index contributed by atoms with van der Waals surface area (Å²) in [4.78, 5) is 12.8. The van der Waals surface area contributed by atoms with E-state index in [0.29, 0.717) is 27.3 Å². The first-order chi connectivity index (χ1) is 12.8. The largest absolute Gasteiger partial charge is 0.299 e. The fraction of sp³-hybridized carbons (Fsp3) is 0.353. The van der Waals surface area contributed by atoms with Gasteiger partial charge in [0.15, 0.2) is 4.34 Å². The number of benzene rings is 1. The fourth-order valence-electron chi connectivity index (χ4n) is 2.39. The van der Waals surface area contributed by atoms with Crippen molar-refractivity contribution in [3.8, 4) is 0 Å². The molecule has 2 rings (SSSR count). The van der Waals surface area contributed by atoms with Crippen molar-refractivity contribution in [2.24, 2.45) is 0 Å². The second-order valence-corrected chi connectivity index (χ2v) is 9.88. The summed E-state index contributed by atoms with van der Waals surface area (Å²) in [5.41, 5.74) is 1.45. The number of aromatic nitrogens is 2. The van der Waals surface area contributed by atoms with E-state index < -0.39 is 22.0 Å². The number of amides is 1. The Morgan fingerprint density at radius 3 is 2.59 bits per heavy atom. The minimum atomic E-state index is -3.66. The maximum atomic E-state index is 12.8. The zero-order valence-corrected chi connectivity index (χ0v) is 17.8. The van der Waals surface area contributed by atoms with Gasteiger partial charge in [-0.05, 0) is 25.5 Å². The summed E-state index contributed by atoms with van der Waals surface area (Å²) in [6.07, 6.45) is 3.16. The van der Waals surface area contributed by atoms with Gasteiger partial charge in [0.25, 0.3) is 0 Å². The quantitative estimate of drug-likeness (QED) is 0.376. The molecule has 1 N–H and O–H groups in total. The van der Waals surface area contributed by atoms with Crippen LogP contribution in [-0.2, 0) is 14.8 Å². The zero-order chi connectivity index (χ0) is 20.0. The van der Waals surface area contributed by atoms with Crippen molar-refractivity contribution in [3.05, 3.63) is 42.5 Å². The second-order valence-electron chi connectivity index (χ2n) is 5.78. The molecule has 1 aromatic carbocycles. The molecule has 0 saturated carbocycles. The number of nitrogens with zero attached hydrogens (tertiary/aromatic N) is 3. The molecule has 0 saturated heterocycles. The third-order valence-electron chi connectivity index (χ3n) is 3.58. The lowest BCUT2D eigenvalue weighted by Crippen LogP contribution is -2.47. The molecule has 10 heteroatoms. The van der Waals surface area contributed by atoms with Crippen molar-refractivity contribution in [1.29, 1.82) is 0 Å². The SMILES string of the molecule is C=CCSc1nnc(NC(=O)C(CC)N(c2ccc(C)cc2)S(C)(=O)=O)s1. The van der Waals surface area contributed by atoms with Crippen LogP contribution >= 0.6 is 23.1 Å². The number of nitrogens with one attached hydrogen (secondary N) is 1. The van der Waals surface area contributed by atoms with Crippen LogP contribution in [0.3, 0.4) is 0 Å². The van der Waals surface area contributed by atoms with E-state index in [9.17, 15) is 13.2 Å². The van der Waals surface area contributed by atoms with E-state index >= 15 is 0 Å². The summed E-state index contributed by atoms with van der Waals surface area (Å²) in [7, 11) is -3.66. The highest BCUT2D eigenvalue weighted by molar-refractivity contribution is 8.01. The van der Waals surface area contributed by atoms with Gasteiger partial charge in [-0.25, -0.2) is 8.42 Å². The molecule has 0 radical (unpaired) electrons. The van der Waals surface area contributed by atoms with E-state index in [-0.39, 0.29) is 0 Å². The van der Waals surface area contributed by atoms with Crippen LogP contribution in [0.2, 0.25) is 0 Å². The van der Waals surface area contributed by atoms with Crippen molar-refractivity contribution in [2.75, 3.05) is 21.6 Å². The lowest BCUT2D eigenvalue weighted by Gasteiger charge is -2.29. The molecule has 1 heterocycles. The van der Waals surface area contributed by atoms with Gasteiger partial charge in [0.2, 0.25) is 21.1 Å². The summed E-state index contributed by atoms with van der Waals surface area (Å²) in [6.45, 7) is 7.32. The van der Waals surface area contributed by atoms with Gasteiger partial charge in [0, 0.05) is 5.75 Å². The van der Waals surface area contributed by atoms with E-state index in [0.717, 1.165) is 16.1 Å². The number of rotatable bonds is 9. The van der Waals surface area contributed by atoms with Crippen LogP contribution in [0.4, 0.5) is 10.8 Å². The van der Waals surface area contributed by atoms with E-state index in [2.05, 4.69) is 22.1 Å². The maximum absolute atomic E-state index is 12.8. The molecule has 27 heavy (non-hydrogen) atoms. The van der Waals surface area contributed by atoms with E-state index in [1.807, 2.05) is 19.1 Å². The predicted molar refractivity (Wildman–Crippen MR) is 112 cm³/mol. The Morgan fingerprint density at radius 2 is 2.04 bits per heavy atom. The molecule has 0 bridgehead atoms. The second kappa shape index (κ2) is 9.34. The van der Waals surface area contributed by atoms with Gasteiger partial charge >= 0.3 is 0 Å². The highest BCUT2D eigenvalue weighted by Crippen LogP contribution is 2.27. The fourth-order valence-corrected chi connectivity index (χ4v) is 5.12. The number of carbonyl (C=O) groups excluding carboxylic acids is 1. The van der Waals surface area contributed by atoms with E-state index in [1.54, 1.807) is 25.1 Å². The van der Waals surface area contributed by atoms with Gasteiger partial charge in [-0.3, -0.25) is 14.4 Å². The minimum Gasteiger partial charge on any atom is -0.299 e. The molecule has 146 valence electrons. The standard InChI is InChI=1S/C17H22N4O3S3/c1-5-11-25-17-20-19-16(26-17)18-15(22)14(6-2)21(27(4,23)24)13-9-7-12(3)8-10-13/h5,7-10,14H,1,6,11H2,2-4H3,(H,18,19,22). The Bertz CT molecular complexity index is 894. The molecule has 0 spiro atoms. The number of thioether (sulfide) groups is 1. The van der Waals surface area contributed by atoms with E-state index in [4.69, 9.17) is 0 Å². The normalized spacial score (nSPS) is 12.4. The summed E-state index contributed by atoms with van der Waals surface area (Å²) < 4.78 is 26.7. The lowest BCUT2D eigenvalue weighted by atomic mass is 10.1. The summed E-state index contributed by atoms with van der Waals surface area (Å²) in [6, 6.07) is 6.12. The Balaban J connectivity index is 2.25. The summed E-state index contributed by atoms with van der Waals surface area (Å²) in [5.74, 6) is 0.245. The third kappa shape index (κ3) is 5.78. The van der Waals surface area contributed by atoms with Gasteiger partial charge in [-0.2, -0.15) is 0 Å². The zero-order valence-electron chi connectivity index (χ0n) is 15.4. The summed E-state index contributed by atoms with van der Waals surface area (Å²) >= 11 is 2.70. The Labute approximate surface area is 167 Å². The van der Waals surface area contributed by atoms with Crippen LogP contribution in [0.15, 0.2) is 41.3 Å². The van der Waals surface area contributed by atoms with Crippen molar-refractivity contribution >= 4 is 49.8 Å². The van der Waals surface area contributed by atoms with Crippen LogP contribution in [0.25, 0.3) is 0 Å². The molecule has 1 aromatic heterocycles. The van der Waals surface area contributed by atoms with Crippen LogP contribution < -0.4 is 9.62 Å². The molecule has 0 aliphatic rings. The van der Waals surface area contributed by atoms with Crippen molar-refractivity contribution in [1.82, 2.24) is 10.2 Å². The highest BCUT2D eigenvalue weighted by atomic mass is 32.2. The monoisotopic (exact) mass is 426 g/mol. The van der Waals surface area contributed by atoms with E-state index in [1.165, 1.54) is 23.1 Å². The number of hydrogen-bond acceptors (Lipinski definition) is 7. The lowest BCUT2D eigenvalue weighted by molar-refractivity contribution is -0.117. The number of anilines is 2. The average Bonchev–Trinajstić information content (AvgIpc) is 3.05. The van der Waals surface area contributed by atoms with Crippen LogP contribution in [-0.4, -0.2) is 42.6 Å². The molecular weight excluding hydrogens is 404 g/mol. The van der Waals surface area contributed by atoms with Gasteiger partial charge < -0.3 is 0 Å². The topological polar surface area (TPSA) is 92.3 Å². The average molecular weight is 427 g/mol. The number of sulfonamides is 1. The molecule has 1 atom stereocenters. The molecule has 7 nitrogen and oxygen atoms in total. The molecular formula is C17H22N4O3S3. The Kier molecular flexibility index (Phi) is 7.40. The number of hydrogen-bond donors (Lipinski definition) is 1. The molecule has 0 aliphatic heterocycles. The first-order valence-electron chi connectivity index (χ1n) is 8.20. The van der Waals surface area contributed by atoms with Crippen LogP contribution in [0, 0.1) is 6.92 Å². The first kappa shape index (κ1) is 21.4. The number of aryl methyl sites for hydroxylation is 1. The summed E-state index contributed by atoms with van der Waals surface area (Å²) in [5, 5.41) is 11.0.